The minimum Gasteiger partial charge on any atom is -0.461 e. The smallest absolute Gasteiger partial charge is 0.257 e. The van der Waals surface area contributed by atoms with Crippen molar-refractivity contribution in [1.82, 2.24) is 15.4 Å². The zero-order valence-corrected chi connectivity index (χ0v) is 15.0. The molecule has 6 nitrogen and oxygen atoms in total. The van der Waals surface area contributed by atoms with E-state index in [1.54, 1.807) is 25.3 Å². The molecular formula is C18H27N3O3. The van der Waals surface area contributed by atoms with Crippen molar-refractivity contribution in [2.24, 2.45) is 0 Å². The predicted molar refractivity (Wildman–Crippen MR) is 92.9 cm³/mol. The predicted octanol–water partition coefficient (Wildman–Crippen LogP) is 3.48. The summed E-state index contributed by atoms with van der Waals surface area (Å²) in [7, 11) is 0. The molecule has 2 aromatic heterocycles. The first-order valence-electron chi connectivity index (χ1n) is 8.60. The lowest BCUT2D eigenvalue weighted by molar-refractivity contribution is 0.0936. The Hall–Kier alpha value is -2.08. The molecule has 0 aliphatic rings. The van der Waals surface area contributed by atoms with Crippen LogP contribution < -0.4 is 5.32 Å². The molecule has 1 N–H and O–H groups in total. The molecule has 1 amide bonds. The Balaban J connectivity index is 1.94. The van der Waals surface area contributed by atoms with Crippen LogP contribution in [-0.2, 0) is 0 Å². The SMILES string of the molecule is CCN(CC)CCC[C@H](C)NC(=O)c1c(C)noc1-c1ccco1. The van der Waals surface area contributed by atoms with Crippen LogP contribution in [0.4, 0.5) is 0 Å². The minimum absolute atomic E-state index is 0.0896. The van der Waals surface area contributed by atoms with E-state index in [0.29, 0.717) is 22.8 Å². The van der Waals surface area contributed by atoms with Crippen LogP contribution in [0.3, 0.4) is 0 Å². The number of carbonyl (C=O) groups excluding carboxylic acids is 1. The second-order valence-electron chi connectivity index (χ2n) is 5.99. The van der Waals surface area contributed by atoms with Crippen molar-refractivity contribution in [3.05, 3.63) is 29.7 Å². The Kier molecular flexibility index (Phi) is 6.61. The van der Waals surface area contributed by atoms with Gasteiger partial charge in [0.15, 0.2) is 5.76 Å². The topological polar surface area (TPSA) is 71.5 Å². The first-order chi connectivity index (χ1) is 11.6. The van der Waals surface area contributed by atoms with Gasteiger partial charge in [-0.2, -0.15) is 0 Å². The molecule has 6 heteroatoms. The number of amides is 1. The van der Waals surface area contributed by atoms with Crippen LogP contribution in [-0.4, -0.2) is 41.6 Å². The fourth-order valence-corrected chi connectivity index (χ4v) is 2.74. The fourth-order valence-electron chi connectivity index (χ4n) is 2.74. The number of furan rings is 1. The van der Waals surface area contributed by atoms with Crippen molar-refractivity contribution in [3.63, 3.8) is 0 Å². The highest BCUT2D eigenvalue weighted by Gasteiger charge is 2.24. The van der Waals surface area contributed by atoms with Gasteiger partial charge >= 0.3 is 0 Å². The maximum absolute atomic E-state index is 12.6. The fraction of sp³-hybridized carbons (Fsp3) is 0.556. The van der Waals surface area contributed by atoms with E-state index >= 15 is 0 Å². The van der Waals surface area contributed by atoms with Gasteiger partial charge in [0, 0.05) is 6.04 Å². The molecule has 0 saturated carbocycles. The van der Waals surface area contributed by atoms with Gasteiger partial charge in [0.05, 0.1) is 12.0 Å². The normalized spacial score (nSPS) is 12.5. The van der Waals surface area contributed by atoms with Crippen LogP contribution in [0, 0.1) is 6.92 Å². The van der Waals surface area contributed by atoms with Gasteiger partial charge in [-0.05, 0) is 58.5 Å². The van der Waals surface area contributed by atoms with Crippen LogP contribution in [0.2, 0.25) is 0 Å². The molecule has 0 spiro atoms. The van der Waals surface area contributed by atoms with Crippen LogP contribution in [0.15, 0.2) is 27.3 Å². The van der Waals surface area contributed by atoms with Gasteiger partial charge < -0.3 is 19.2 Å². The van der Waals surface area contributed by atoms with E-state index in [1.165, 1.54) is 0 Å². The minimum atomic E-state index is -0.171. The van der Waals surface area contributed by atoms with E-state index in [-0.39, 0.29) is 11.9 Å². The molecule has 1 atom stereocenters. The highest BCUT2D eigenvalue weighted by atomic mass is 16.5. The third-order valence-corrected chi connectivity index (χ3v) is 4.22. The summed E-state index contributed by atoms with van der Waals surface area (Å²) in [6.45, 7) is 11.3. The Morgan fingerprint density at radius 1 is 1.38 bits per heavy atom. The molecular weight excluding hydrogens is 306 g/mol. The molecule has 0 aromatic carbocycles. The molecule has 2 aromatic rings. The van der Waals surface area contributed by atoms with E-state index in [4.69, 9.17) is 8.94 Å². The zero-order chi connectivity index (χ0) is 17.5. The summed E-state index contributed by atoms with van der Waals surface area (Å²) in [6.07, 6.45) is 3.53. The summed E-state index contributed by atoms with van der Waals surface area (Å²) >= 11 is 0. The Morgan fingerprint density at radius 2 is 2.12 bits per heavy atom. The number of hydrogen-bond acceptors (Lipinski definition) is 5. The van der Waals surface area contributed by atoms with Crippen molar-refractivity contribution < 1.29 is 13.7 Å². The Labute approximate surface area is 143 Å². The van der Waals surface area contributed by atoms with Crippen molar-refractivity contribution in [3.8, 4) is 11.5 Å². The van der Waals surface area contributed by atoms with E-state index in [9.17, 15) is 4.79 Å². The van der Waals surface area contributed by atoms with E-state index < -0.39 is 0 Å². The molecule has 2 heterocycles. The highest BCUT2D eigenvalue weighted by molar-refractivity contribution is 6.00. The third kappa shape index (κ3) is 4.47. The largest absolute Gasteiger partial charge is 0.461 e. The van der Waals surface area contributed by atoms with E-state index in [0.717, 1.165) is 32.5 Å². The van der Waals surface area contributed by atoms with Crippen LogP contribution >= 0.6 is 0 Å². The summed E-state index contributed by atoms with van der Waals surface area (Å²) in [5.74, 6) is 0.718. The number of nitrogens with zero attached hydrogens (tertiary/aromatic N) is 2. The van der Waals surface area contributed by atoms with E-state index in [1.807, 2.05) is 6.92 Å². The second kappa shape index (κ2) is 8.68. The number of rotatable bonds is 9. The third-order valence-electron chi connectivity index (χ3n) is 4.22. The lowest BCUT2D eigenvalue weighted by atomic mass is 10.1. The maximum atomic E-state index is 12.6. The van der Waals surface area contributed by atoms with Gasteiger partial charge in [0.2, 0.25) is 5.76 Å². The van der Waals surface area contributed by atoms with Crippen LogP contribution in [0.1, 0.15) is 49.7 Å². The molecule has 132 valence electrons. The molecule has 0 fully saturated rings. The molecule has 0 unspecified atom stereocenters. The molecule has 0 saturated heterocycles. The molecule has 0 aliphatic carbocycles. The first-order valence-corrected chi connectivity index (χ1v) is 8.60. The monoisotopic (exact) mass is 333 g/mol. The van der Waals surface area contributed by atoms with Gasteiger partial charge in [-0.3, -0.25) is 4.79 Å². The Morgan fingerprint density at radius 3 is 2.75 bits per heavy atom. The summed E-state index contributed by atoms with van der Waals surface area (Å²) in [5.41, 5.74) is 1.01. The standard InChI is InChI=1S/C18H27N3O3/c1-5-21(6-2)11-7-9-13(3)19-18(22)16-14(4)20-24-17(16)15-10-8-12-23-15/h8,10,12-13H,5-7,9,11H2,1-4H3,(H,19,22)/t13-/m0/s1. The summed E-state index contributed by atoms with van der Waals surface area (Å²) in [6, 6.07) is 3.60. The van der Waals surface area contributed by atoms with Gasteiger partial charge in [0.25, 0.3) is 5.91 Å². The van der Waals surface area contributed by atoms with Gasteiger partial charge in [0.1, 0.15) is 5.56 Å². The van der Waals surface area contributed by atoms with Crippen molar-refractivity contribution in [2.45, 2.75) is 46.6 Å². The molecule has 0 radical (unpaired) electrons. The summed E-state index contributed by atoms with van der Waals surface area (Å²) in [4.78, 5) is 15.0. The van der Waals surface area contributed by atoms with Crippen molar-refractivity contribution in [2.75, 3.05) is 19.6 Å². The Bertz CT molecular complexity index is 630. The quantitative estimate of drug-likeness (QED) is 0.760. The average molecular weight is 333 g/mol. The van der Waals surface area contributed by atoms with Gasteiger partial charge in [-0.15, -0.1) is 0 Å². The van der Waals surface area contributed by atoms with Gasteiger partial charge in [-0.1, -0.05) is 19.0 Å². The molecule has 0 bridgehead atoms. The zero-order valence-electron chi connectivity index (χ0n) is 15.0. The van der Waals surface area contributed by atoms with Crippen LogP contribution in [0.25, 0.3) is 11.5 Å². The average Bonchev–Trinajstić information content (AvgIpc) is 3.20. The number of carbonyl (C=O) groups is 1. The molecule has 2 rings (SSSR count). The highest BCUT2D eigenvalue weighted by Crippen LogP contribution is 2.26. The van der Waals surface area contributed by atoms with Crippen LogP contribution in [0.5, 0.6) is 0 Å². The first kappa shape index (κ1) is 18.3. The number of hydrogen-bond donors (Lipinski definition) is 1. The molecule has 24 heavy (non-hydrogen) atoms. The number of nitrogens with one attached hydrogen (secondary N) is 1. The number of aromatic nitrogens is 1. The summed E-state index contributed by atoms with van der Waals surface area (Å²) in [5, 5.41) is 6.94. The molecule has 0 aliphatic heterocycles. The van der Waals surface area contributed by atoms with E-state index in [2.05, 4.69) is 29.2 Å². The van der Waals surface area contributed by atoms with Crippen molar-refractivity contribution >= 4 is 5.91 Å². The number of aryl methyl sites for hydroxylation is 1. The summed E-state index contributed by atoms with van der Waals surface area (Å²) < 4.78 is 10.6. The van der Waals surface area contributed by atoms with Gasteiger partial charge in [-0.25, -0.2) is 0 Å². The second-order valence-corrected chi connectivity index (χ2v) is 5.99. The lowest BCUT2D eigenvalue weighted by Crippen LogP contribution is -2.34. The lowest BCUT2D eigenvalue weighted by Gasteiger charge is -2.19. The van der Waals surface area contributed by atoms with Crippen molar-refractivity contribution in [1.29, 1.82) is 0 Å². The maximum Gasteiger partial charge on any atom is 0.257 e.